The summed E-state index contributed by atoms with van der Waals surface area (Å²) in [5.41, 5.74) is 6.39. The average molecular weight is 423 g/mol. The molecule has 0 spiro atoms. The first-order valence-corrected chi connectivity index (χ1v) is 8.54. The monoisotopic (exact) mass is 423 g/mol. The van der Waals surface area contributed by atoms with E-state index in [9.17, 15) is 0 Å². The normalized spacial score (nSPS) is 30.8. The standard InChI is InChI=1S/C17H33N3O.HI/c1-13-7-5-9-20(12-13)16(18)19-11-14-8-6-10-21-15(14)17(2,3)4;/h13-15H,5-12H2,1-4H3,(H2,18,19);1H. The van der Waals surface area contributed by atoms with E-state index in [0.29, 0.717) is 12.0 Å². The Balaban J connectivity index is 0.00000242. The number of nitrogens with zero attached hydrogens (tertiary/aromatic N) is 2. The molecule has 0 aromatic rings. The maximum Gasteiger partial charge on any atom is 0.191 e. The van der Waals surface area contributed by atoms with Crippen LogP contribution in [0.2, 0.25) is 0 Å². The second-order valence-corrected chi connectivity index (χ2v) is 7.95. The van der Waals surface area contributed by atoms with Gasteiger partial charge in [-0.2, -0.15) is 0 Å². The summed E-state index contributed by atoms with van der Waals surface area (Å²) in [6, 6.07) is 0. The van der Waals surface area contributed by atoms with Crippen molar-refractivity contribution >= 4 is 29.9 Å². The zero-order valence-corrected chi connectivity index (χ0v) is 17.0. The van der Waals surface area contributed by atoms with Gasteiger partial charge in [-0.1, -0.05) is 27.7 Å². The molecule has 0 bridgehead atoms. The molecular formula is C17H34IN3O. The first-order chi connectivity index (χ1) is 9.88. The third-order valence-electron chi connectivity index (χ3n) is 4.77. The van der Waals surface area contributed by atoms with E-state index in [1.807, 2.05) is 0 Å². The molecule has 2 N–H and O–H groups in total. The van der Waals surface area contributed by atoms with E-state index in [4.69, 9.17) is 15.5 Å². The Morgan fingerprint density at radius 3 is 2.64 bits per heavy atom. The van der Waals surface area contributed by atoms with Crippen molar-refractivity contribution < 1.29 is 4.74 Å². The number of halogens is 1. The van der Waals surface area contributed by atoms with Gasteiger partial charge in [-0.05, 0) is 37.0 Å². The Morgan fingerprint density at radius 2 is 2.00 bits per heavy atom. The zero-order valence-electron chi connectivity index (χ0n) is 14.7. The van der Waals surface area contributed by atoms with Crippen molar-refractivity contribution in [1.29, 1.82) is 0 Å². The van der Waals surface area contributed by atoms with Crippen LogP contribution in [0.25, 0.3) is 0 Å². The van der Waals surface area contributed by atoms with Crippen molar-refractivity contribution in [2.45, 2.75) is 59.5 Å². The van der Waals surface area contributed by atoms with Crippen LogP contribution in [-0.4, -0.2) is 43.2 Å². The van der Waals surface area contributed by atoms with Crippen LogP contribution in [-0.2, 0) is 4.74 Å². The molecule has 22 heavy (non-hydrogen) atoms. The number of nitrogens with two attached hydrogens (primary N) is 1. The second kappa shape index (κ2) is 8.71. The molecule has 0 aromatic carbocycles. The quantitative estimate of drug-likeness (QED) is 0.420. The smallest absolute Gasteiger partial charge is 0.191 e. The molecule has 2 aliphatic rings. The molecule has 0 saturated carbocycles. The highest BCUT2D eigenvalue weighted by Gasteiger charge is 2.35. The van der Waals surface area contributed by atoms with Gasteiger partial charge in [0.05, 0.1) is 6.10 Å². The van der Waals surface area contributed by atoms with Crippen LogP contribution >= 0.6 is 24.0 Å². The molecule has 0 radical (unpaired) electrons. The average Bonchev–Trinajstić information content (AvgIpc) is 2.44. The van der Waals surface area contributed by atoms with Crippen molar-refractivity contribution in [3.05, 3.63) is 0 Å². The van der Waals surface area contributed by atoms with E-state index in [2.05, 4.69) is 32.6 Å². The number of hydrogen-bond donors (Lipinski definition) is 1. The number of piperidine rings is 1. The summed E-state index contributed by atoms with van der Waals surface area (Å²) in [6.45, 7) is 12.9. The van der Waals surface area contributed by atoms with Gasteiger partial charge in [0, 0.05) is 32.2 Å². The van der Waals surface area contributed by atoms with Crippen LogP contribution in [0.3, 0.4) is 0 Å². The lowest BCUT2D eigenvalue weighted by molar-refractivity contribution is -0.0824. The van der Waals surface area contributed by atoms with Gasteiger partial charge in [0.2, 0.25) is 0 Å². The molecule has 4 nitrogen and oxygen atoms in total. The third-order valence-corrected chi connectivity index (χ3v) is 4.77. The van der Waals surface area contributed by atoms with Gasteiger partial charge >= 0.3 is 0 Å². The Labute approximate surface area is 153 Å². The second-order valence-electron chi connectivity index (χ2n) is 7.95. The fourth-order valence-corrected chi connectivity index (χ4v) is 3.70. The van der Waals surface area contributed by atoms with Crippen LogP contribution in [0.15, 0.2) is 4.99 Å². The molecule has 3 unspecified atom stereocenters. The number of likely N-dealkylation sites (tertiary alicyclic amines) is 1. The van der Waals surface area contributed by atoms with Crippen LogP contribution < -0.4 is 5.73 Å². The summed E-state index contributed by atoms with van der Waals surface area (Å²) in [7, 11) is 0. The fraction of sp³-hybridized carbons (Fsp3) is 0.941. The molecule has 2 fully saturated rings. The molecule has 0 aromatic heterocycles. The number of hydrogen-bond acceptors (Lipinski definition) is 2. The van der Waals surface area contributed by atoms with Gasteiger partial charge in [-0.15, -0.1) is 24.0 Å². The first kappa shape index (κ1) is 20.0. The first-order valence-electron chi connectivity index (χ1n) is 8.54. The van der Waals surface area contributed by atoms with Gasteiger partial charge < -0.3 is 15.4 Å². The van der Waals surface area contributed by atoms with Crippen molar-refractivity contribution in [2.24, 2.45) is 28.0 Å². The molecule has 2 heterocycles. The summed E-state index contributed by atoms with van der Waals surface area (Å²) < 4.78 is 6.03. The van der Waals surface area contributed by atoms with E-state index in [0.717, 1.165) is 44.5 Å². The third kappa shape index (κ3) is 5.55. The summed E-state index contributed by atoms with van der Waals surface area (Å²) in [6.07, 6.45) is 5.19. The van der Waals surface area contributed by atoms with Crippen LogP contribution in [0.1, 0.15) is 53.4 Å². The summed E-state index contributed by atoms with van der Waals surface area (Å²) in [4.78, 5) is 6.96. The molecule has 2 aliphatic heterocycles. The summed E-state index contributed by atoms with van der Waals surface area (Å²) >= 11 is 0. The predicted octanol–water partition coefficient (Wildman–Crippen LogP) is 3.49. The highest BCUT2D eigenvalue weighted by atomic mass is 127. The van der Waals surface area contributed by atoms with Crippen molar-refractivity contribution in [1.82, 2.24) is 4.90 Å². The number of ether oxygens (including phenoxy) is 1. The SMILES string of the molecule is CC1CCCN(C(N)=NCC2CCCOC2C(C)(C)C)C1.I. The highest BCUT2D eigenvalue weighted by molar-refractivity contribution is 14.0. The number of aliphatic imine (C=N–C) groups is 1. The molecule has 2 rings (SSSR count). The van der Waals surface area contributed by atoms with Crippen LogP contribution in [0.5, 0.6) is 0 Å². The Kier molecular flexibility index (Phi) is 7.92. The minimum absolute atomic E-state index is 0. The lowest BCUT2D eigenvalue weighted by atomic mass is 9.78. The van der Waals surface area contributed by atoms with Crippen molar-refractivity contribution in [3.8, 4) is 0 Å². The number of rotatable bonds is 2. The molecule has 130 valence electrons. The van der Waals surface area contributed by atoms with Crippen LogP contribution in [0, 0.1) is 17.3 Å². The summed E-state index contributed by atoms with van der Waals surface area (Å²) in [5, 5.41) is 0. The highest BCUT2D eigenvalue weighted by Crippen LogP contribution is 2.34. The maximum absolute atomic E-state index is 6.22. The fourth-order valence-electron chi connectivity index (χ4n) is 3.70. The molecule has 2 saturated heterocycles. The molecular weight excluding hydrogens is 389 g/mol. The van der Waals surface area contributed by atoms with E-state index in [1.54, 1.807) is 0 Å². The summed E-state index contributed by atoms with van der Waals surface area (Å²) in [5.74, 6) is 1.96. The van der Waals surface area contributed by atoms with Crippen LogP contribution in [0.4, 0.5) is 0 Å². The Bertz CT molecular complexity index is 367. The lowest BCUT2D eigenvalue weighted by Crippen LogP contribution is -2.45. The van der Waals surface area contributed by atoms with E-state index in [-0.39, 0.29) is 29.4 Å². The van der Waals surface area contributed by atoms with Gasteiger partial charge in [-0.25, -0.2) is 0 Å². The lowest BCUT2D eigenvalue weighted by Gasteiger charge is -2.40. The van der Waals surface area contributed by atoms with Gasteiger partial charge in [0.15, 0.2) is 5.96 Å². The van der Waals surface area contributed by atoms with Crippen molar-refractivity contribution in [2.75, 3.05) is 26.2 Å². The number of guanidine groups is 1. The molecule has 0 amide bonds. The van der Waals surface area contributed by atoms with Gasteiger partial charge in [0.25, 0.3) is 0 Å². The Hall–Kier alpha value is -0.0400. The largest absolute Gasteiger partial charge is 0.377 e. The van der Waals surface area contributed by atoms with Gasteiger partial charge in [-0.3, -0.25) is 4.99 Å². The predicted molar refractivity (Wildman–Crippen MR) is 104 cm³/mol. The topological polar surface area (TPSA) is 50.8 Å². The van der Waals surface area contributed by atoms with E-state index >= 15 is 0 Å². The van der Waals surface area contributed by atoms with Crippen molar-refractivity contribution in [3.63, 3.8) is 0 Å². The molecule has 3 atom stereocenters. The Morgan fingerprint density at radius 1 is 1.27 bits per heavy atom. The minimum atomic E-state index is 0. The van der Waals surface area contributed by atoms with E-state index < -0.39 is 0 Å². The molecule has 5 heteroatoms. The minimum Gasteiger partial charge on any atom is -0.377 e. The molecule has 0 aliphatic carbocycles. The zero-order chi connectivity index (χ0) is 15.5. The van der Waals surface area contributed by atoms with Gasteiger partial charge in [0.1, 0.15) is 0 Å². The maximum atomic E-state index is 6.22. The van der Waals surface area contributed by atoms with E-state index in [1.165, 1.54) is 19.3 Å².